The average Bonchev–Trinajstić information content (AvgIpc) is 1.90. The molecule has 1 heterocycles. The molecule has 1 aliphatic rings. The van der Waals surface area contributed by atoms with Crippen LogP contribution in [0, 0.1) is 0 Å². The van der Waals surface area contributed by atoms with E-state index in [0.717, 1.165) is 0 Å². The third kappa shape index (κ3) is 2.11. The van der Waals surface area contributed by atoms with Gasteiger partial charge < -0.3 is 10.5 Å². The summed E-state index contributed by atoms with van der Waals surface area (Å²) in [5, 5.41) is 0. The minimum absolute atomic E-state index is 0. The standard InChI is InChI=1S/C6H7NO2.ClH/c7-6(8)5-2-1-3-9-4-5;/h1-3H,4H2,(H2,7,8);1H. The maximum atomic E-state index is 10.4. The van der Waals surface area contributed by atoms with Crippen LogP contribution in [0.15, 0.2) is 24.0 Å². The van der Waals surface area contributed by atoms with Gasteiger partial charge in [-0.15, -0.1) is 12.4 Å². The fraction of sp³-hybridized carbons (Fsp3) is 0.167. The Morgan fingerprint density at radius 3 is 2.70 bits per heavy atom. The van der Waals surface area contributed by atoms with E-state index in [1.807, 2.05) is 0 Å². The number of allylic oxidation sites excluding steroid dienone is 2. The molecule has 0 aromatic carbocycles. The maximum absolute atomic E-state index is 10.4. The van der Waals surface area contributed by atoms with Crippen LogP contribution in [0.2, 0.25) is 0 Å². The Balaban J connectivity index is 0.000000810. The SMILES string of the molecule is Cl.NC(=O)C1=CC=COC1. The first-order valence-corrected chi connectivity index (χ1v) is 2.58. The van der Waals surface area contributed by atoms with Crippen LogP contribution in [0.3, 0.4) is 0 Å². The van der Waals surface area contributed by atoms with Crippen molar-refractivity contribution in [2.24, 2.45) is 5.73 Å². The molecule has 56 valence electrons. The van der Waals surface area contributed by atoms with Crippen LogP contribution in [0.25, 0.3) is 0 Å². The lowest BCUT2D eigenvalue weighted by Crippen LogP contribution is -2.17. The van der Waals surface area contributed by atoms with Crippen molar-refractivity contribution in [2.45, 2.75) is 0 Å². The molecule has 0 aliphatic carbocycles. The molecule has 3 nitrogen and oxygen atoms in total. The van der Waals surface area contributed by atoms with Gasteiger partial charge in [0.05, 0.1) is 11.8 Å². The Kier molecular flexibility index (Phi) is 3.57. The van der Waals surface area contributed by atoms with Crippen molar-refractivity contribution < 1.29 is 9.53 Å². The Hall–Kier alpha value is -0.960. The molecule has 4 heteroatoms. The predicted molar refractivity (Wildman–Crippen MR) is 39.6 cm³/mol. The zero-order chi connectivity index (χ0) is 6.69. The summed E-state index contributed by atoms with van der Waals surface area (Å²) < 4.78 is 4.79. The van der Waals surface area contributed by atoms with Crippen molar-refractivity contribution in [2.75, 3.05) is 6.61 Å². The normalized spacial score (nSPS) is 14.6. The maximum Gasteiger partial charge on any atom is 0.248 e. The third-order valence-corrected chi connectivity index (χ3v) is 1.03. The van der Waals surface area contributed by atoms with E-state index in [1.54, 1.807) is 12.2 Å². The number of primary amides is 1. The second kappa shape index (κ2) is 3.95. The number of amides is 1. The van der Waals surface area contributed by atoms with Gasteiger partial charge in [0.25, 0.3) is 0 Å². The van der Waals surface area contributed by atoms with Gasteiger partial charge in [-0.2, -0.15) is 0 Å². The molecule has 0 saturated carbocycles. The molecule has 0 bridgehead atoms. The van der Waals surface area contributed by atoms with Crippen LogP contribution in [-0.4, -0.2) is 12.5 Å². The highest BCUT2D eigenvalue weighted by molar-refractivity contribution is 5.92. The number of nitrogens with two attached hydrogens (primary N) is 1. The number of carbonyl (C=O) groups is 1. The van der Waals surface area contributed by atoms with E-state index in [-0.39, 0.29) is 12.4 Å². The van der Waals surface area contributed by atoms with Gasteiger partial charge in [0.1, 0.15) is 6.61 Å². The van der Waals surface area contributed by atoms with Crippen molar-refractivity contribution >= 4 is 18.3 Å². The summed E-state index contributed by atoms with van der Waals surface area (Å²) in [6.45, 7) is 0.297. The Morgan fingerprint density at radius 1 is 1.70 bits per heavy atom. The molecule has 0 aromatic heterocycles. The molecule has 0 spiro atoms. The smallest absolute Gasteiger partial charge is 0.248 e. The van der Waals surface area contributed by atoms with E-state index in [4.69, 9.17) is 10.5 Å². The molecule has 1 rings (SSSR count). The minimum atomic E-state index is -0.417. The predicted octanol–water partition coefficient (Wildman–Crippen LogP) is 0.364. The summed E-state index contributed by atoms with van der Waals surface area (Å²) in [4.78, 5) is 10.4. The summed E-state index contributed by atoms with van der Waals surface area (Å²) in [5.41, 5.74) is 5.46. The largest absolute Gasteiger partial charge is 0.496 e. The van der Waals surface area contributed by atoms with Gasteiger partial charge in [0, 0.05) is 0 Å². The quantitative estimate of drug-likeness (QED) is 0.604. The van der Waals surface area contributed by atoms with Crippen LogP contribution in [0.4, 0.5) is 0 Å². The van der Waals surface area contributed by atoms with E-state index in [9.17, 15) is 4.79 Å². The molecule has 0 saturated heterocycles. The number of hydrogen-bond donors (Lipinski definition) is 1. The van der Waals surface area contributed by atoms with Crippen molar-refractivity contribution in [1.29, 1.82) is 0 Å². The highest BCUT2D eigenvalue weighted by Crippen LogP contribution is 2.00. The fourth-order valence-electron chi connectivity index (χ4n) is 0.550. The first kappa shape index (κ1) is 9.04. The highest BCUT2D eigenvalue weighted by atomic mass is 35.5. The van der Waals surface area contributed by atoms with Crippen molar-refractivity contribution in [3.63, 3.8) is 0 Å². The molecule has 0 aromatic rings. The minimum Gasteiger partial charge on any atom is -0.496 e. The molecule has 1 amide bonds. The summed E-state index contributed by atoms with van der Waals surface area (Å²) in [6.07, 6.45) is 4.81. The first-order valence-electron chi connectivity index (χ1n) is 2.58. The van der Waals surface area contributed by atoms with Crippen LogP contribution >= 0.6 is 12.4 Å². The molecule has 1 aliphatic heterocycles. The van der Waals surface area contributed by atoms with Crippen LogP contribution in [-0.2, 0) is 9.53 Å². The van der Waals surface area contributed by atoms with Crippen molar-refractivity contribution in [3.05, 3.63) is 24.0 Å². The molecule has 0 radical (unpaired) electrons. The van der Waals surface area contributed by atoms with Crippen molar-refractivity contribution in [3.8, 4) is 0 Å². The fourth-order valence-corrected chi connectivity index (χ4v) is 0.550. The topological polar surface area (TPSA) is 52.3 Å². The lowest BCUT2D eigenvalue weighted by Gasteiger charge is -2.04. The van der Waals surface area contributed by atoms with Gasteiger partial charge in [-0.1, -0.05) is 0 Å². The molecular formula is C6H8ClNO2. The number of carbonyl (C=O) groups excluding carboxylic acids is 1. The molecule has 10 heavy (non-hydrogen) atoms. The van der Waals surface area contributed by atoms with Crippen LogP contribution in [0.5, 0.6) is 0 Å². The summed E-state index contributed by atoms with van der Waals surface area (Å²) in [7, 11) is 0. The summed E-state index contributed by atoms with van der Waals surface area (Å²) in [5.74, 6) is -0.417. The van der Waals surface area contributed by atoms with Crippen LogP contribution in [0.1, 0.15) is 0 Å². The van der Waals surface area contributed by atoms with Gasteiger partial charge in [-0.3, -0.25) is 4.79 Å². The molecule has 2 N–H and O–H groups in total. The summed E-state index contributed by atoms with van der Waals surface area (Å²) in [6, 6.07) is 0. The average molecular weight is 162 g/mol. The number of halogens is 1. The summed E-state index contributed by atoms with van der Waals surface area (Å²) >= 11 is 0. The van der Waals surface area contributed by atoms with E-state index >= 15 is 0 Å². The zero-order valence-corrected chi connectivity index (χ0v) is 6.06. The van der Waals surface area contributed by atoms with Gasteiger partial charge in [-0.25, -0.2) is 0 Å². The second-order valence-corrected chi connectivity index (χ2v) is 1.70. The van der Waals surface area contributed by atoms with E-state index in [0.29, 0.717) is 12.2 Å². The Labute approximate surface area is 64.9 Å². The second-order valence-electron chi connectivity index (χ2n) is 1.70. The van der Waals surface area contributed by atoms with Gasteiger partial charge in [-0.05, 0) is 12.2 Å². The van der Waals surface area contributed by atoms with E-state index in [1.165, 1.54) is 6.26 Å². The molecular weight excluding hydrogens is 154 g/mol. The number of hydrogen-bond acceptors (Lipinski definition) is 2. The molecule has 0 fully saturated rings. The third-order valence-electron chi connectivity index (χ3n) is 1.03. The molecule has 0 unspecified atom stereocenters. The highest BCUT2D eigenvalue weighted by Gasteiger charge is 2.04. The Morgan fingerprint density at radius 2 is 2.40 bits per heavy atom. The van der Waals surface area contributed by atoms with Gasteiger partial charge in [0.2, 0.25) is 5.91 Å². The lowest BCUT2D eigenvalue weighted by atomic mass is 10.2. The van der Waals surface area contributed by atoms with Crippen LogP contribution < -0.4 is 5.73 Å². The lowest BCUT2D eigenvalue weighted by molar-refractivity contribution is -0.115. The molecule has 0 atom stereocenters. The Bertz CT molecular complexity index is 186. The van der Waals surface area contributed by atoms with Gasteiger partial charge >= 0.3 is 0 Å². The van der Waals surface area contributed by atoms with E-state index in [2.05, 4.69) is 0 Å². The number of rotatable bonds is 1. The van der Waals surface area contributed by atoms with E-state index < -0.39 is 5.91 Å². The zero-order valence-electron chi connectivity index (χ0n) is 5.24. The van der Waals surface area contributed by atoms with Crippen molar-refractivity contribution in [1.82, 2.24) is 0 Å². The van der Waals surface area contributed by atoms with Gasteiger partial charge in [0.15, 0.2) is 0 Å². The first-order chi connectivity index (χ1) is 4.30. The number of ether oxygens (including phenoxy) is 1. The monoisotopic (exact) mass is 161 g/mol.